The first kappa shape index (κ1) is 11.6. The van der Waals surface area contributed by atoms with Crippen LogP contribution in [0.5, 0.6) is 0 Å². The smallest absolute Gasteiger partial charge is 0.0758 e. The van der Waals surface area contributed by atoms with E-state index in [4.69, 9.17) is 0 Å². The summed E-state index contributed by atoms with van der Waals surface area (Å²) in [6.07, 6.45) is 0.887. The van der Waals surface area contributed by atoms with Crippen LogP contribution in [0.2, 0.25) is 0 Å². The van der Waals surface area contributed by atoms with Gasteiger partial charge in [0, 0.05) is 19.6 Å². The van der Waals surface area contributed by atoms with E-state index in [1.54, 1.807) is 0 Å². The summed E-state index contributed by atoms with van der Waals surface area (Å²) in [5, 5.41) is 9.93. The van der Waals surface area contributed by atoms with Crippen LogP contribution < -0.4 is 0 Å². The highest BCUT2D eigenvalue weighted by molar-refractivity contribution is 5.30. The zero-order chi connectivity index (χ0) is 11.8. The number of likely N-dealkylation sites (tertiary alicyclic amines) is 1. The molecule has 0 amide bonds. The van der Waals surface area contributed by atoms with E-state index in [9.17, 15) is 5.11 Å². The third-order valence-corrected chi connectivity index (χ3v) is 3.43. The molecule has 0 aromatic heterocycles. The van der Waals surface area contributed by atoms with E-state index in [0.29, 0.717) is 0 Å². The Morgan fingerprint density at radius 2 is 2.12 bits per heavy atom. The van der Waals surface area contributed by atoms with Crippen molar-refractivity contribution in [1.29, 1.82) is 0 Å². The van der Waals surface area contributed by atoms with E-state index in [1.165, 1.54) is 16.7 Å². The van der Waals surface area contributed by atoms with Crippen LogP contribution in [0.4, 0.5) is 0 Å². The van der Waals surface area contributed by atoms with Crippen molar-refractivity contribution >= 4 is 0 Å². The number of nitrogens with zero attached hydrogens (tertiary/aromatic N) is 1. The minimum Gasteiger partial charge on any atom is -0.389 e. The lowest BCUT2D eigenvalue weighted by atomic mass is 10.1. The van der Waals surface area contributed by atoms with E-state index in [1.807, 2.05) is 6.92 Å². The van der Waals surface area contributed by atoms with Gasteiger partial charge in [0.15, 0.2) is 0 Å². The van der Waals surface area contributed by atoms with Crippen LogP contribution in [0.15, 0.2) is 18.2 Å². The molecule has 1 fully saturated rings. The Bertz CT molecular complexity index is 384. The molecule has 1 heterocycles. The topological polar surface area (TPSA) is 23.5 Å². The van der Waals surface area contributed by atoms with Crippen LogP contribution in [0.3, 0.4) is 0 Å². The van der Waals surface area contributed by atoms with Gasteiger partial charge in [-0.2, -0.15) is 0 Å². The van der Waals surface area contributed by atoms with Crippen molar-refractivity contribution in [3.8, 4) is 0 Å². The van der Waals surface area contributed by atoms with Crippen molar-refractivity contribution in [3.63, 3.8) is 0 Å². The summed E-state index contributed by atoms with van der Waals surface area (Å²) in [5.74, 6) is 0. The van der Waals surface area contributed by atoms with Gasteiger partial charge in [0.1, 0.15) is 0 Å². The van der Waals surface area contributed by atoms with Crippen molar-refractivity contribution in [2.24, 2.45) is 0 Å². The minimum atomic E-state index is -0.488. The summed E-state index contributed by atoms with van der Waals surface area (Å²) < 4.78 is 0. The van der Waals surface area contributed by atoms with Gasteiger partial charge in [0.25, 0.3) is 0 Å². The Hall–Kier alpha value is -0.860. The predicted octanol–water partition coefficient (Wildman–Crippen LogP) is 2.26. The average molecular weight is 219 g/mol. The van der Waals surface area contributed by atoms with Crippen LogP contribution in [0.25, 0.3) is 0 Å². The van der Waals surface area contributed by atoms with E-state index in [2.05, 4.69) is 36.9 Å². The molecule has 0 saturated carbocycles. The van der Waals surface area contributed by atoms with Gasteiger partial charge in [0.2, 0.25) is 0 Å². The fourth-order valence-electron chi connectivity index (χ4n) is 2.39. The molecule has 16 heavy (non-hydrogen) atoms. The molecule has 2 rings (SSSR count). The van der Waals surface area contributed by atoms with Crippen molar-refractivity contribution in [1.82, 2.24) is 4.90 Å². The second kappa shape index (κ2) is 4.19. The molecule has 1 atom stereocenters. The van der Waals surface area contributed by atoms with Gasteiger partial charge >= 0.3 is 0 Å². The van der Waals surface area contributed by atoms with E-state index >= 15 is 0 Å². The fraction of sp³-hybridized carbons (Fsp3) is 0.571. The highest BCUT2D eigenvalue weighted by Gasteiger charge is 2.31. The second-order valence-electron chi connectivity index (χ2n) is 5.39. The third kappa shape index (κ3) is 2.63. The molecule has 2 nitrogen and oxygen atoms in total. The number of aryl methyl sites for hydroxylation is 2. The standard InChI is InChI=1S/C14H21NO/c1-11-4-5-12(2)13(8-11)9-15-7-6-14(3,16)10-15/h4-5,8,16H,6-7,9-10H2,1-3H3. The van der Waals surface area contributed by atoms with Crippen molar-refractivity contribution in [2.75, 3.05) is 13.1 Å². The van der Waals surface area contributed by atoms with Gasteiger partial charge in [-0.05, 0) is 38.3 Å². The summed E-state index contributed by atoms with van der Waals surface area (Å²) in [6.45, 7) is 8.96. The highest BCUT2D eigenvalue weighted by Crippen LogP contribution is 2.23. The van der Waals surface area contributed by atoms with Crippen LogP contribution >= 0.6 is 0 Å². The van der Waals surface area contributed by atoms with Crippen molar-refractivity contribution in [3.05, 3.63) is 34.9 Å². The highest BCUT2D eigenvalue weighted by atomic mass is 16.3. The van der Waals surface area contributed by atoms with Gasteiger partial charge in [-0.25, -0.2) is 0 Å². The lowest BCUT2D eigenvalue weighted by Crippen LogP contribution is -2.29. The predicted molar refractivity (Wildman–Crippen MR) is 66.4 cm³/mol. The van der Waals surface area contributed by atoms with Crippen LogP contribution in [-0.2, 0) is 6.54 Å². The van der Waals surface area contributed by atoms with E-state index in [0.717, 1.165) is 26.1 Å². The maximum Gasteiger partial charge on any atom is 0.0758 e. The Morgan fingerprint density at radius 1 is 1.38 bits per heavy atom. The Kier molecular flexibility index (Phi) is 3.04. The molecular formula is C14H21NO. The Balaban J connectivity index is 2.07. The maximum atomic E-state index is 9.93. The summed E-state index contributed by atoms with van der Waals surface area (Å²) in [7, 11) is 0. The molecule has 0 spiro atoms. The second-order valence-corrected chi connectivity index (χ2v) is 5.39. The molecule has 88 valence electrons. The largest absolute Gasteiger partial charge is 0.389 e. The van der Waals surface area contributed by atoms with Crippen LogP contribution in [0.1, 0.15) is 30.0 Å². The first-order valence-electron chi connectivity index (χ1n) is 5.97. The van der Waals surface area contributed by atoms with Gasteiger partial charge in [-0.15, -0.1) is 0 Å². The van der Waals surface area contributed by atoms with Crippen LogP contribution in [0, 0.1) is 13.8 Å². The first-order valence-corrected chi connectivity index (χ1v) is 5.97. The number of hydrogen-bond donors (Lipinski definition) is 1. The summed E-state index contributed by atoms with van der Waals surface area (Å²) in [4.78, 5) is 2.34. The number of benzene rings is 1. The zero-order valence-electron chi connectivity index (χ0n) is 10.5. The van der Waals surface area contributed by atoms with Gasteiger partial charge in [-0.1, -0.05) is 23.8 Å². The molecule has 1 aliphatic heterocycles. The van der Waals surface area contributed by atoms with E-state index < -0.39 is 5.60 Å². The van der Waals surface area contributed by atoms with Crippen LogP contribution in [-0.4, -0.2) is 28.7 Å². The fourth-order valence-corrected chi connectivity index (χ4v) is 2.39. The molecule has 1 N–H and O–H groups in total. The number of aliphatic hydroxyl groups is 1. The van der Waals surface area contributed by atoms with E-state index in [-0.39, 0.29) is 0 Å². The molecule has 2 heteroatoms. The minimum absolute atomic E-state index is 0.488. The summed E-state index contributed by atoms with van der Waals surface area (Å²) >= 11 is 0. The molecule has 1 aromatic carbocycles. The average Bonchev–Trinajstić information content (AvgIpc) is 2.52. The number of rotatable bonds is 2. The Morgan fingerprint density at radius 3 is 2.75 bits per heavy atom. The molecule has 1 saturated heterocycles. The molecule has 1 aliphatic rings. The quantitative estimate of drug-likeness (QED) is 0.824. The first-order chi connectivity index (χ1) is 7.46. The summed E-state index contributed by atoms with van der Waals surface area (Å²) in [6, 6.07) is 6.58. The summed E-state index contributed by atoms with van der Waals surface area (Å²) in [5.41, 5.74) is 3.55. The number of hydrogen-bond acceptors (Lipinski definition) is 2. The SMILES string of the molecule is Cc1ccc(C)c(CN2CCC(C)(O)C2)c1. The molecule has 1 unspecified atom stereocenters. The monoisotopic (exact) mass is 219 g/mol. The van der Waals surface area contributed by atoms with Crippen molar-refractivity contribution < 1.29 is 5.11 Å². The zero-order valence-corrected chi connectivity index (χ0v) is 10.5. The number of β-amino-alcohol motifs (C(OH)–C–C–N with tert-alkyl or cyclic N) is 1. The van der Waals surface area contributed by atoms with Gasteiger partial charge < -0.3 is 5.11 Å². The molecule has 0 bridgehead atoms. The molecule has 0 aliphatic carbocycles. The normalized spacial score (nSPS) is 26.2. The van der Waals surface area contributed by atoms with Gasteiger partial charge in [0.05, 0.1) is 5.60 Å². The molecular weight excluding hydrogens is 198 g/mol. The molecule has 1 aromatic rings. The third-order valence-electron chi connectivity index (χ3n) is 3.43. The lowest BCUT2D eigenvalue weighted by Gasteiger charge is -2.20. The van der Waals surface area contributed by atoms with Crippen molar-refractivity contribution in [2.45, 2.75) is 39.3 Å². The Labute approximate surface area is 97.9 Å². The van der Waals surface area contributed by atoms with Gasteiger partial charge in [-0.3, -0.25) is 4.90 Å². The molecule has 0 radical (unpaired) electrons. The maximum absolute atomic E-state index is 9.93. The lowest BCUT2D eigenvalue weighted by molar-refractivity contribution is 0.0679.